The van der Waals surface area contributed by atoms with Gasteiger partial charge in [-0.3, -0.25) is 4.79 Å². The fourth-order valence-electron chi connectivity index (χ4n) is 2.68. The van der Waals surface area contributed by atoms with Crippen LogP contribution in [-0.4, -0.2) is 4.57 Å². The van der Waals surface area contributed by atoms with Gasteiger partial charge >= 0.3 is 0 Å². The first kappa shape index (κ1) is 11.0. The first-order valence-corrected chi connectivity index (χ1v) is 6.03. The van der Waals surface area contributed by atoms with Gasteiger partial charge in [0.2, 0.25) is 0 Å². The standard InChI is InChI=1S/C14H13N3O/c15-8-12(16)11-7-10-4-1-3-9-5-2-6-17(13(9)10)14(11)18/h1,3-4,7,12H,2,5-6,16H2. The molecule has 2 heterocycles. The van der Waals surface area contributed by atoms with E-state index in [1.165, 1.54) is 5.56 Å². The van der Waals surface area contributed by atoms with Gasteiger partial charge in [-0.2, -0.15) is 5.26 Å². The Morgan fingerprint density at radius 1 is 1.44 bits per heavy atom. The summed E-state index contributed by atoms with van der Waals surface area (Å²) < 4.78 is 1.76. The Hall–Kier alpha value is -2.12. The van der Waals surface area contributed by atoms with Crippen LogP contribution in [0.4, 0.5) is 0 Å². The lowest BCUT2D eigenvalue weighted by molar-refractivity contribution is 0.609. The molecule has 1 atom stereocenters. The van der Waals surface area contributed by atoms with Gasteiger partial charge in [-0.15, -0.1) is 0 Å². The molecule has 1 aliphatic rings. The molecule has 3 rings (SSSR count). The first-order chi connectivity index (χ1) is 8.72. The van der Waals surface area contributed by atoms with Crippen LogP contribution in [0.5, 0.6) is 0 Å². The van der Waals surface area contributed by atoms with E-state index in [9.17, 15) is 4.79 Å². The van der Waals surface area contributed by atoms with Crippen LogP contribution >= 0.6 is 0 Å². The Bertz CT molecular complexity index is 724. The van der Waals surface area contributed by atoms with E-state index in [4.69, 9.17) is 11.0 Å². The van der Waals surface area contributed by atoms with E-state index in [0.29, 0.717) is 12.1 Å². The average molecular weight is 239 g/mol. The molecule has 1 aromatic heterocycles. The molecule has 1 aromatic carbocycles. The van der Waals surface area contributed by atoms with Crippen molar-refractivity contribution < 1.29 is 0 Å². The second kappa shape index (κ2) is 3.97. The number of pyridine rings is 1. The van der Waals surface area contributed by atoms with E-state index in [1.54, 1.807) is 10.6 Å². The lowest BCUT2D eigenvalue weighted by atomic mass is 9.99. The molecule has 0 saturated heterocycles. The molecule has 1 unspecified atom stereocenters. The van der Waals surface area contributed by atoms with Crippen LogP contribution in [-0.2, 0) is 13.0 Å². The molecular formula is C14H13N3O. The number of nitrogens with two attached hydrogens (primary N) is 1. The zero-order valence-electron chi connectivity index (χ0n) is 9.89. The van der Waals surface area contributed by atoms with E-state index in [-0.39, 0.29) is 5.56 Å². The minimum Gasteiger partial charge on any atom is -0.312 e. The van der Waals surface area contributed by atoms with Gasteiger partial charge in [0.25, 0.3) is 5.56 Å². The maximum Gasteiger partial charge on any atom is 0.256 e. The van der Waals surface area contributed by atoms with E-state index < -0.39 is 6.04 Å². The predicted molar refractivity (Wildman–Crippen MR) is 69.1 cm³/mol. The number of aryl methyl sites for hydroxylation is 2. The number of benzene rings is 1. The number of hydrogen-bond acceptors (Lipinski definition) is 3. The number of aromatic nitrogens is 1. The Morgan fingerprint density at radius 3 is 3.06 bits per heavy atom. The Balaban J connectivity index is 2.43. The van der Waals surface area contributed by atoms with Gasteiger partial charge in [0.1, 0.15) is 6.04 Å². The minimum atomic E-state index is -0.851. The van der Waals surface area contributed by atoms with Crippen LogP contribution in [0, 0.1) is 11.3 Å². The summed E-state index contributed by atoms with van der Waals surface area (Å²) in [6.45, 7) is 0.707. The molecule has 0 aliphatic carbocycles. The molecule has 0 saturated carbocycles. The Morgan fingerprint density at radius 2 is 2.28 bits per heavy atom. The third-order valence-electron chi connectivity index (χ3n) is 3.53. The van der Waals surface area contributed by atoms with Gasteiger partial charge in [-0.1, -0.05) is 18.2 Å². The van der Waals surface area contributed by atoms with Crippen molar-refractivity contribution in [2.75, 3.05) is 0 Å². The van der Waals surface area contributed by atoms with E-state index in [1.807, 2.05) is 18.2 Å². The normalized spacial score (nSPS) is 15.3. The monoisotopic (exact) mass is 239 g/mol. The average Bonchev–Trinajstić information content (AvgIpc) is 2.42. The second-order valence-corrected chi connectivity index (χ2v) is 4.62. The van der Waals surface area contributed by atoms with Crippen molar-refractivity contribution in [2.24, 2.45) is 5.73 Å². The fourth-order valence-corrected chi connectivity index (χ4v) is 2.68. The lowest BCUT2D eigenvalue weighted by Gasteiger charge is -2.20. The van der Waals surface area contributed by atoms with Crippen LogP contribution in [0.15, 0.2) is 29.1 Å². The molecule has 0 radical (unpaired) electrons. The van der Waals surface area contributed by atoms with Crippen LogP contribution in [0.2, 0.25) is 0 Å². The molecule has 18 heavy (non-hydrogen) atoms. The molecular weight excluding hydrogens is 226 g/mol. The topological polar surface area (TPSA) is 71.8 Å². The molecule has 1 aliphatic heterocycles. The highest BCUT2D eigenvalue weighted by molar-refractivity contribution is 5.83. The zero-order valence-corrected chi connectivity index (χ0v) is 9.89. The number of para-hydroxylation sites is 1. The second-order valence-electron chi connectivity index (χ2n) is 4.62. The summed E-state index contributed by atoms with van der Waals surface area (Å²) in [7, 11) is 0. The molecule has 2 N–H and O–H groups in total. The third kappa shape index (κ3) is 1.45. The summed E-state index contributed by atoms with van der Waals surface area (Å²) >= 11 is 0. The van der Waals surface area contributed by atoms with E-state index in [0.717, 1.165) is 23.7 Å². The number of hydrogen-bond donors (Lipinski definition) is 1. The van der Waals surface area contributed by atoms with Crippen LogP contribution < -0.4 is 11.3 Å². The van der Waals surface area contributed by atoms with Gasteiger partial charge in [0.15, 0.2) is 0 Å². The van der Waals surface area contributed by atoms with Crippen molar-refractivity contribution in [1.82, 2.24) is 4.57 Å². The summed E-state index contributed by atoms with van der Waals surface area (Å²) in [5, 5.41) is 9.89. The maximum atomic E-state index is 12.3. The smallest absolute Gasteiger partial charge is 0.256 e. The highest BCUT2D eigenvalue weighted by Gasteiger charge is 2.18. The first-order valence-electron chi connectivity index (χ1n) is 6.03. The molecule has 0 fully saturated rings. The van der Waals surface area contributed by atoms with Gasteiger partial charge in [0, 0.05) is 12.1 Å². The summed E-state index contributed by atoms with van der Waals surface area (Å²) in [6.07, 6.45) is 1.96. The predicted octanol–water partition coefficient (Wildman–Crippen LogP) is 1.47. The molecule has 0 bridgehead atoms. The van der Waals surface area contributed by atoms with Crippen LogP contribution in [0.3, 0.4) is 0 Å². The van der Waals surface area contributed by atoms with E-state index >= 15 is 0 Å². The van der Waals surface area contributed by atoms with Gasteiger partial charge in [-0.25, -0.2) is 0 Å². The van der Waals surface area contributed by atoms with Crippen molar-refractivity contribution in [3.8, 4) is 6.07 Å². The van der Waals surface area contributed by atoms with Crippen molar-refractivity contribution >= 4 is 10.9 Å². The number of rotatable bonds is 1. The zero-order chi connectivity index (χ0) is 12.7. The van der Waals surface area contributed by atoms with Crippen molar-refractivity contribution in [2.45, 2.75) is 25.4 Å². The summed E-state index contributed by atoms with van der Waals surface area (Å²) in [5.74, 6) is 0. The largest absolute Gasteiger partial charge is 0.312 e. The van der Waals surface area contributed by atoms with Crippen molar-refractivity contribution in [3.63, 3.8) is 0 Å². The number of nitrogens with zero attached hydrogens (tertiary/aromatic N) is 2. The summed E-state index contributed by atoms with van der Waals surface area (Å²) in [4.78, 5) is 12.3. The Kier molecular flexibility index (Phi) is 2.42. The maximum absolute atomic E-state index is 12.3. The third-order valence-corrected chi connectivity index (χ3v) is 3.53. The lowest BCUT2D eigenvalue weighted by Crippen LogP contribution is -2.30. The molecule has 4 heteroatoms. The fraction of sp³-hybridized carbons (Fsp3) is 0.286. The molecule has 90 valence electrons. The van der Waals surface area contributed by atoms with E-state index in [2.05, 4.69) is 6.07 Å². The summed E-state index contributed by atoms with van der Waals surface area (Å²) in [6, 6.07) is 8.85. The van der Waals surface area contributed by atoms with Gasteiger partial charge in [-0.05, 0) is 29.9 Å². The van der Waals surface area contributed by atoms with Crippen LogP contribution in [0.1, 0.15) is 23.6 Å². The van der Waals surface area contributed by atoms with Crippen molar-refractivity contribution in [3.05, 3.63) is 45.7 Å². The summed E-state index contributed by atoms with van der Waals surface area (Å²) in [5.41, 5.74) is 8.17. The molecule has 2 aromatic rings. The molecule has 0 amide bonds. The van der Waals surface area contributed by atoms with Crippen LogP contribution in [0.25, 0.3) is 10.9 Å². The van der Waals surface area contributed by atoms with Gasteiger partial charge < -0.3 is 10.3 Å². The van der Waals surface area contributed by atoms with Gasteiger partial charge in [0.05, 0.1) is 11.6 Å². The quantitative estimate of drug-likeness (QED) is 0.819. The molecule has 4 nitrogen and oxygen atoms in total. The SMILES string of the molecule is N#CC(N)c1cc2cccc3c2n(c1=O)CCC3. The highest BCUT2D eigenvalue weighted by Crippen LogP contribution is 2.24. The van der Waals surface area contributed by atoms with Crippen molar-refractivity contribution in [1.29, 1.82) is 5.26 Å². The highest BCUT2D eigenvalue weighted by atomic mass is 16.1. The Labute approximate surface area is 104 Å². The molecule has 0 spiro atoms. The number of nitriles is 1. The minimum absolute atomic E-state index is 0.122.